The van der Waals surface area contributed by atoms with Gasteiger partial charge in [-0.25, -0.2) is 15.0 Å². The Morgan fingerprint density at radius 3 is 1.70 bits per heavy atom. The molecule has 11 rings (SSSR count). The fraction of sp³-hybridized carbons (Fsp3) is 0. The van der Waals surface area contributed by atoms with Crippen molar-refractivity contribution in [1.29, 1.82) is 5.26 Å². The maximum atomic E-state index is 9.57. The second-order valence-electron chi connectivity index (χ2n) is 13.5. The summed E-state index contributed by atoms with van der Waals surface area (Å²) in [5.41, 5.74) is 8.57. The van der Waals surface area contributed by atoms with Gasteiger partial charge in [-0.3, -0.25) is 0 Å². The molecular weight excluding hydrogens is 665 g/mol. The van der Waals surface area contributed by atoms with Gasteiger partial charge in [-0.15, -0.1) is 0 Å². The molecule has 6 nitrogen and oxygen atoms in total. The zero-order valence-electron chi connectivity index (χ0n) is 28.6. The second-order valence-corrected chi connectivity index (χ2v) is 13.5. The standard InChI is InChI=1S/C48H26N4O2/c49-27-28-9-8-12-30(23-28)31-17-20-34-35-21-18-32(26-40(35)45-44(39(34)24-31)37-14-5-7-16-42(37)54-45)47-50-46(29-10-2-1-3-11-29)51-48(52-47)33-19-22-43-38(25-33)36-13-4-6-15-41(36)53-43/h1-26H. The van der Waals surface area contributed by atoms with E-state index in [0.29, 0.717) is 23.0 Å². The summed E-state index contributed by atoms with van der Waals surface area (Å²) in [6, 6.07) is 55.2. The number of benzene rings is 8. The molecule has 0 spiro atoms. The Hall–Kier alpha value is -7.62. The number of furan rings is 2. The molecule has 0 aliphatic rings. The first-order chi connectivity index (χ1) is 26.7. The molecule has 0 atom stereocenters. The number of aromatic nitrogens is 3. The average Bonchev–Trinajstić information content (AvgIpc) is 3.82. The maximum absolute atomic E-state index is 9.57. The molecule has 0 saturated carbocycles. The van der Waals surface area contributed by atoms with Crippen molar-refractivity contribution in [2.45, 2.75) is 0 Å². The van der Waals surface area contributed by atoms with E-state index < -0.39 is 0 Å². The average molecular weight is 691 g/mol. The molecule has 0 fully saturated rings. The van der Waals surface area contributed by atoms with Crippen molar-refractivity contribution in [3.8, 4) is 51.4 Å². The third kappa shape index (κ3) is 4.69. The minimum atomic E-state index is 0.565. The van der Waals surface area contributed by atoms with Crippen LogP contribution in [0.15, 0.2) is 167 Å². The lowest BCUT2D eigenvalue weighted by Crippen LogP contribution is -2.00. The lowest BCUT2D eigenvalue weighted by Gasteiger charge is -2.12. The van der Waals surface area contributed by atoms with Gasteiger partial charge in [-0.1, -0.05) is 103 Å². The van der Waals surface area contributed by atoms with Gasteiger partial charge in [0.15, 0.2) is 17.5 Å². The normalized spacial score (nSPS) is 11.7. The van der Waals surface area contributed by atoms with Crippen LogP contribution in [0.4, 0.5) is 0 Å². The van der Waals surface area contributed by atoms with Crippen molar-refractivity contribution < 1.29 is 8.83 Å². The Morgan fingerprint density at radius 1 is 0.370 bits per heavy atom. The molecule has 0 aliphatic carbocycles. The van der Waals surface area contributed by atoms with Crippen molar-refractivity contribution in [2.24, 2.45) is 0 Å². The summed E-state index contributed by atoms with van der Waals surface area (Å²) in [4.78, 5) is 15.2. The van der Waals surface area contributed by atoms with Crippen LogP contribution in [0.2, 0.25) is 0 Å². The van der Waals surface area contributed by atoms with Gasteiger partial charge in [0.25, 0.3) is 0 Å². The van der Waals surface area contributed by atoms with Crippen LogP contribution in [0.1, 0.15) is 5.56 Å². The zero-order chi connectivity index (χ0) is 35.8. The van der Waals surface area contributed by atoms with E-state index in [1.54, 1.807) is 0 Å². The van der Waals surface area contributed by atoms with Gasteiger partial charge in [-0.05, 0) is 81.9 Å². The summed E-state index contributed by atoms with van der Waals surface area (Å²) in [6.07, 6.45) is 0. The molecule has 0 bridgehead atoms. The first kappa shape index (κ1) is 30.0. The van der Waals surface area contributed by atoms with E-state index in [4.69, 9.17) is 23.8 Å². The molecular formula is C48H26N4O2. The minimum absolute atomic E-state index is 0.565. The molecule has 0 radical (unpaired) electrons. The molecule has 0 aliphatic heterocycles. The van der Waals surface area contributed by atoms with E-state index in [0.717, 1.165) is 93.2 Å². The largest absolute Gasteiger partial charge is 0.456 e. The zero-order valence-corrected chi connectivity index (χ0v) is 28.6. The van der Waals surface area contributed by atoms with Gasteiger partial charge in [-0.2, -0.15) is 5.26 Å². The van der Waals surface area contributed by atoms with Gasteiger partial charge >= 0.3 is 0 Å². The molecule has 0 N–H and O–H groups in total. The number of nitrogens with zero attached hydrogens (tertiary/aromatic N) is 4. The topological polar surface area (TPSA) is 88.7 Å². The van der Waals surface area contributed by atoms with Crippen LogP contribution >= 0.6 is 0 Å². The Balaban J connectivity index is 1.14. The maximum Gasteiger partial charge on any atom is 0.164 e. The summed E-state index contributed by atoms with van der Waals surface area (Å²) in [6.45, 7) is 0. The highest BCUT2D eigenvalue weighted by molar-refractivity contribution is 6.30. The molecule has 0 saturated heterocycles. The molecule has 11 aromatic rings. The summed E-state index contributed by atoms with van der Waals surface area (Å²) in [5, 5.41) is 18.0. The number of fused-ring (bicyclic) bond motifs is 11. The minimum Gasteiger partial charge on any atom is -0.456 e. The van der Waals surface area contributed by atoms with Crippen molar-refractivity contribution in [3.63, 3.8) is 0 Å². The molecule has 3 heterocycles. The second kappa shape index (κ2) is 11.7. The van der Waals surface area contributed by atoms with Gasteiger partial charge in [0.2, 0.25) is 0 Å². The van der Waals surface area contributed by atoms with Gasteiger partial charge in [0.1, 0.15) is 22.3 Å². The third-order valence-corrected chi connectivity index (χ3v) is 10.3. The monoisotopic (exact) mass is 690 g/mol. The summed E-state index contributed by atoms with van der Waals surface area (Å²) in [5.74, 6) is 1.73. The highest BCUT2D eigenvalue weighted by Crippen LogP contribution is 2.43. The highest BCUT2D eigenvalue weighted by Gasteiger charge is 2.19. The van der Waals surface area contributed by atoms with Crippen LogP contribution in [-0.4, -0.2) is 15.0 Å². The molecule has 0 amide bonds. The number of nitriles is 1. The number of para-hydroxylation sites is 2. The third-order valence-electron chi connectivity index (χ3n) is 10.3. The van der Waals surface area contributed by atoms with Crippen molar-refractivity contribution >= 4 is 65.4 Å². The molecule has 3 aromatic heterocycles. The van der Waals surface area contributed by atoms with Crippen LogP contribution in [0.25, 0.3) is 111 Å². The quantitative estimate of drug-likeness (QED) is 0.171. The van der Waals surface area contributed by atoms with Crippen molar-refractivity contribution in [1.82, 2.24) is 15.0 Å². The van der Waals surface area contributed by atoms with E-state index in [2.05, 4.69) is 60.7 Å². The summed E-state index contributed by atoms with van der Waals surface area (Å²) >= 11 is 0. The smallest absolute Gasteiger partial charge is 0.164 e. The molecule has 250 valence electrons. The summed E-state index contributed by atoms with van der Waals surface area (Å²) in [7, 11) is 0. The number of hydrogen-bond acceptors (Lipinski definition) is 6. The van der Waals surface area contributed by atoms with Crippen molar-refractivity contribution in [2.75, 3.05) is 0 Å². The number of rotatable bonds is 4. The lowest BCUT2D eigenvalue weighted by molar-refractivity contribution is 0.669. The Bertz CT molecular complexity index is 3350. The molecule has 0 unspecified atom stereocenters. The lowest BCUT2D eigenvalue weighted by atomic mass is 9.92. The van der Waals surface area contributed by atoms with E-state index in [9.17, 15) is 5.26 Å². The summed E-state index contributed by atoms with van der Waals surface area (Å²) < 4.78 is 12.8. The fourth-order valence-electron chi connectivity index (χ4n) is 7.76. The van der Waals surface area contributed by atoms with Crippen LogP contribution in [0.3, 0.4) is 0 Å². The highest BCUT2D eigenvalue weighted by atomic mass is 16.3. The van der Waals surface area contributed by atoms with Crippen molar-refractivity contribution in [3.05, 3.63) is 163 Å². The van der Waals surface area contributed by atoms with E-state index in [1.807, 2.05) is 103 Å². The molecule has 54 heavy (non-hydrogen) atoms. The van der Waals surface area contributed by atoms with E-state index in [1.165, 1.54) is 0 Å². The van der Waals surface area contributed by atoms with Gasteiger partial charge in [0.05, 0.1) is 11.6 Å². The van der Waals surface area contributed by atoms with E-state index >= 15 is 0 Å². The fourth-order valence-corrected chi connectivity index (χ4v) is 7.76. The van der Waals surface area contributed by atoms with Crippen LogP contribution in [-0.2, 0) is 0 Å². The Labute approximate surface area is 308 Å². The Morgan fingerprint density at radius 2 is 0.926 bits per heavy atom. The van der Waals surface area contributed by atoms with Gasteiger partial charge in [0, 0.05) is 43.6 Å². The molecule has 6 heteroatoms. The molecule has 8 aromatic carbocycles. The van der Waals surface area contributed by atoms with Crippen LogP contribution < -0.4 is 0 Å². The first-order valence-electron chi connectivity index (χ1n) is 17.7. The number of hydrogen-bond donors (Lipinski definition) is 0. The SMILES string of the molecule is N#Cc1cccc(-c2ccc3c4ccc(-c5nc(-c6ccccc6)nc(-c6ccc7oc8ccccc8c7c6)n5)cc4c4oc5ccccc5c4c3c2)c1. The first-order valence-corrected chi connectivity index (χ1v) is 17.7. The van der Waals surface area contributed by atoms with Crippen LogP contribution in [0, 0.1) is 11.3 Å². The van der Waals surface area contributed by atoms with Crippen LogP contribution in [0.5, 0.6) is 0 Å². The van der Waals surface area contributed by atoms with E-state index in [-0.39, 0.29) is 0 Å². The predicted octanol–water partition coefficient (Wildman–Crippen LogP) is 12.5. The van der Waals surface area contributed by atoms with Gasteiger partial charge < -0.3 is 8.83 Å². The predicted molar refractivity (Wildman–Crippen MR) is 216 cm³/mol. The Kier molecular flexibility index (Phi) is 6.51.